The number of nitro benzene ring substituents is 1. The molecule has 0 aliphatic heterocycles. The summed E-state index contributed by atoms with van der Waals surface area (Å²) >= 11 is 3.08. The van der Waals surface area contributed by atoms with Gasteiger partial charge in [0.15, 0.2) is 0 Å². The van der Waals surface area contributed by atoms with Gasteiger partial charge in [-0.15, -0.1) is 0 Å². The van der Waals surface area contributed by atoms with E-state index >= 15 is 0 Å². The van der Waals surface area contributed by atoms with E-state index in [0.717, 1.165) is 12.3 Å². The van der Waals surface area contributed by atoms with E-state index < -0.39 is 28.2 Å². The Kier molecular flexibility index (Phi) is 4.13. The molecule has 1 N–H and O–H groups in total. The number of aromatic nitrogens is 1. The molecule has 21 heavy (non-hydrogen) atoms. The van der Waals surface area contributed by atoms with Crippen molar-refractivity contribution in [3.8, 4) is 11.6 Å². The van der Waals surface area contributed by atoms with Gasteiger partial charge in [-0.1, -0.05) is 15.9 Å². The van der Waals surface area contributed by atoms with Crippen molar-refractivity contribution in [1.29, 1.82) is 0 Å². The SMILES string of the molecule is O=C(O)c1cc(F)cnc1Oc1ccc(Br)cc1[N+](=O)[O-]. The van der Waals surface area contributed by atoms with Gasteiger partial charge >= 0.3 is 11.7 Å². The summed E-state index contributed by atoms with van der Waals surface area (Å²) < 4.78 is 18.6. The highest BCUT2D eigenvalue weighted by Crippen LogP contribution is 2.34. The number of carbonyl (C=O) groups is 1. The molecule has 108 valence electrons. The maximum Gasteiger partial charge on any atom is 0.341 e. The van der Waals surface area contributed by atoms with Crippen molar-refractivity contribution < 1.29 is 24.0 Å². The van der Waals surface area contributed by atoms with Gasteiger partial charge in [-0.2, -0.15) is 0 Å². The second-order valence-electron chi connectivity index (χ2n) is 3.78. The minimum atomic E-state index is -1.46. The third-order valence-corrected chi connectivity index (χ3v) is 2.87. The maximum absolute atomic E-state index is 13.0. The molecule has 0 spiro atoms. The van der Waals surface area contributed by atoms with Crippen LogP contribution in [0.3, 0.4) is 0 Å². The third-order valence-electron chi connectivity index (χ3n) is 2.37. The van der Waals surface area contributed by atoms with Crippen LogP contribution < -0.4 is 4.74 Å². The van der Waals surface area contributed by atoms with Gasteiger partial charge in [0.2, 0.25) is 11.6 Å². The van der Waals surface area contributed by atoms with Crippen molar-refractivity contribution in [2.45, 2.75) is 0 Å². The van der Waals surface area contributed by atoms with Crippen LogP contribution in [0.15, 0.2) is 34.9 Å². The molecule has 0 atom stereocenters. The third kappa shape index (κ3) is 3.31. The molecule has 9 heteroatoms. The highest BCUT2D eigenvalue weighted by molar-refractivity contribution is 9.10. The topological polar surface area (TPSA) is 103 Å². The van der Waals surface area contributed by atoms with Gasteiger partial charge in [-0.05, 0) is 18.2 Å². The Balaban J connectivity index is 2.48. The lowest BCUT2D eigenvalue weighted by Crippen LogP contribution is -2.04. The Hall–Kier alpha value is -2.55. The number of carboxylic acid groups (broad SMARTS) is 1. The number of hydrogen-bond donors (Lipinski definition) is 1. The first-order chi connectivity index (χ1) is 9.88. The van der Waals surface area contributed by atoms with E-state index in [1.807, 2.05) is 0 Å². The van der Waals surface area contributed by atoms with E-state index in [1.54, 1.807) is 0 Å². The number of hydrogen-bond acceptors (Lipinski definition) is 5. The van der Waals surface area contributed by atoms with Crippen LogP contribution >= 0.6 is 15.9 Å². The average molecular weight is 357 g/mol. The molecule has 0 radical (unpaired) electrons. The van der Waals surface area contributed by atoms with Crippen LogP contribution in [0.1, 0.15) is 10.4 Å². The zero-order valence-corrected chi connectivity index (χ0v) is 11.7. The maximum atomic E-state index is 13.0. The molecule has 0 bridgehead atoms. The van der Waals surface area contributed by atoms with Crippen LogP contribution in [0.25, 0.3) is 0 Å². The minimum absolute atomic E-state index is 0.204. The number of pyridine rings is 1. The number of benzene rings is 1. The first-order valence-electron chi connectivity index (χ1n) is 5.39. The smallest absolute Gasteiger partial charge is 0.341 e. The summed E-state index contributed by atoms with van der Waals surface area (Å²) in [6.45, 7) is 0. The number of nitrogens with zero attached hydrogens (tertiary/aromatic N) is 2. The van der Waals surface area contributed by atoms with Crippen LogP contribution in [0, 0.1) is 15.9 Å². The Bertz CT molecular complexity index is 676. The van der Waals surface area contributed by atoms with Crippen LogP contribution in [-0.4, -0.2) is 21.0 Å². The molecular weight excluding hydrogens is 351 g/mol. The second kappa shape index (κ2) is 5.83. The summed E-state index contributed by atoms with van der Waals surface area (Å²) in [5, 5.41) is 19.9. The van der Waals surface area contributed by atoms with E-state index in [9.17, 15) is 19.3 Å². The summed E-state index contributed by atoms with van der Waals surface area (Å²) in [6, 6.07) is 4.67. The van der Waals surface area contributed by atoms with Gasteiger partial charge in [0, 0.05) is 10.5 Å². The fraction of sp³-hybridized carbons (Fsp3) is 0. The second-order valence-corrected chi connectivity index (χ2v) is 4.70. The Morgan fingerprint density at radius 2 is 2.14 bits per heavy atom. The lowest BCUT2D eigenvalue weighted by Gasteiger charge is -2.08. The summed E-state index contributed by atoms with van der Waals surface area (Å²) in [4.78, 5) is 24.8. The number of ether oxygens (including phenoxy) is 1. The predicted molar refractivity (Wildman–Crippen MR) is 72.0 cm³/mol. The molecule has 1 aromatic carbocycles. The average Bonchev–Trinajstić information content (AvgIpc) is 2.42. The number of carboxylic acids is 1. The molecule has 0 amide bonds. The monoisotopic (exact) mass is 356 g/mol. The van der Waals surface area contributed by atoms with Gasteiger partial charge in [0.1, 0.15) is 11.4 Å². The fourth-order valence-corrected chi connectivity index (χ4v) is 1.83. The molecule has 0 saturated heterocycles. The molecule has 2 aromatic rings. The fourth-order valence-electron chi connectivity index (χ4n) is 1.48. The largest absolute Gasteiger partial charge is 0.477 e. The highest BCUT2D eigenvalue weighted by atomic mass is 79.9. The summed E-state index contributed by atoms with van der Waals surface area (Å²) in [5.41, 5.74) is -0.918. The first-order valence-corrected chi connectivity index (χ1v) is 6.18. The van der Waals surface area contributed by atoms with E-state index in [-0.39, 0.29) is 11.4 Å². The van der Waals surface area contributed by atoms with E-state index in [0.29, 0.717) is 4.47 Å². The van der Waals surface area contributed by atoms with Gasteiger partial charge in [-0.3, -0.25) is 10.1 Å². The standard InChI is InChI=1S/C12H6BrFN2O5/c13-6-1-2-10(9(3-6)16(19)20)21-11-8(12(17)18)4-7(14)5-15-11/h1-5H,(H,17,18). The summed E-state index contributed by atoms with van der Waals surface area (Å²) in [6.07, 6.45) is 0.756. The molecule has 0 aliphatic carbocycles. The van der Waals surface area contributed by atoms with E-state index in [4.69, 9.17) is 9.84 Å². The number of rotatable bonds is 4. The van der Waals surface area contributed by atoms with Gasteiger partial charge in [-0.25, -0.2) is 14.2 Å². The van der Waals surface area contributed by atoms with Gasteiger partial charge < -0.3 is 9.84 Å². The van der Waals surface area contributed by atoms with Crippen molar-refractivity contribution in [3.63, 3.8) is 0 Å². The molecule has 0 aliphatic rings. The van der Waals surface area contributed by atoms with Crippen molar-refractivity contribution in [2.75, 3.05) is 0 Å². The quantitative estimate of drug-likeness (QED) is 0.665. The Labute approximate surface area is 125 Å². The predicted octanol–water partition coefficient (Wildman–Crippen LogP) is 3.38. The van der Waals surface area contributed by atoms with Crippen molar-refractivity contribution in [1.82, 2.24) is 4.98 Å². The molecule has 7 nitrogen and oxygen atoms in total. The molecule has 1 aromatic heterocycles. The van der Waals surface area contributed by atoms with E-state index in [2.05, 4.69) is 20.9 Å². The van der Waals surface area contributed by atoms with Crippen molar-refractivity contribution in [2.24, 2.45) is 0 Å². The molecular formula is C12H6BrFN2O5. The Morgan fingerprint density at radius 3 is 2.76 bits per heavy atom. The molecule has 0 fully saturated rings. The molecule has 0 saturated carbocycles. The molecule has 1 heterocycles. The van der Waals surface area contributed by atoms with Crippen LogP contribution in [-0.2, 0) is 0 Å². The number of aromatic carboxylic acids is 1. The Morgan fingerprint density at radius 1 is 1.43 bits per heavy atom. The van der Waals surface area contributed by atoms with Crippen molar-refractivity contribution in [3.05, 3.63) is 56.4 Å². The lowest BCUT2D eigenvalue weighted by molar-refractivity contribution is -0.385. The zero-order chi connectivity index (χ0) is 15.6. The van der Waals surface area contributed by atoms with E-state index in [1.165, 1.54) is 18.2 Å². The highest BCUT2D eigenvalue weighted by Gasteiger charge is 2.20. The van der Waals surface area contributed by atoms with Crippen LogP contribution in [0.4, 0.5) is 10.1 Å². The number of nitro groups is 1. The molecule has 2 rings (SSSR count). The lowest BCUT2D eigenvalue weighted by atomic mass is 10.2. The van der Waals surface area contributed by atoms with Gasteiger partial charge in [0.25, 0.3) is 0 Å². The van der Waals surface area contributed by atoms with Crippen molar-refractivity contribution >= 4 is 27.6 Å². The summed E-state index contributed by atoms with van der Waals surface area (Å²) in [7, 11) is 0. The van der Waals surface area contributed by atoms with Crippen LogP contribution in [0.5, 0.6) is 11.6 Å². The minimum Gasteiger partial charge on any atom is -0.477 e. The molecule has 0 unspecified atom stereocenters. The van der Waals surface area contributed by atoms with Crippen LogP contribution in [0.2, 0.25) is 0 Å². The zero-order valence-electron chi connectivity index (χ0n) is 10.1. The first kappa shape index (κ1) is 14.9. The normalized spacial score (nSPS) is 10.2. The van der Waals surface area contributed by atoms with Gasteiger partial charge in [0.05, 0.1) is 11.1 Å². The number of halogens is 2. The summed E-state index contributed by atoms with van der Waals surface area (Å²) in [5.74, 6) is -2.96.